The van der Waals surface area contributed by atoms with E-state index in [1.807, 2.05) is 24.3 Å². The van der Waals surface area contributed by atoms with Gasteiger partial charge >= 0.3 is 0 Å². The van der Waals surface area contributed by atoms with Crippen LogP contribution in [0.2, 0.25) is 0 Å². The van der Waals surface area contributed by atoms with Crippen molar-refractivity contribution >= 4 is 22.7 Å². The molecule has 3 N–H and O–H groups in total. The fraction of sp³-hybridized carbons (Fsp3) is 0.286. The summed E-state index contributed by atoms with van der Waals surface area (Å²) >= 11 is 0. The zero-order valence-corrected chi connectivity index (χ0v) is 11.2. The molecule has 0 radical (unpaired) electrons. The Morgan fingerprint density at radius 3 is 2.47 bits per heavy atom. The van der Waals surface area contributed by atoms with Crippen molar-refractivity contribution in [2.24, 2.45) is 5.41 Å². The maximum atomic E-state index is 12.0. The third kappa shape index (κ3) is 2.76. The van der Waals surface area contributed by atoms with E-state index in [1.165, 1.54) is 0 Å². The highest BCUT2D eigenvalue weighted by atomic mass is 16.2. The van der Waals surface area contributed by atoms with Gasteiger partial charge in [0.25, 0.3) is 5.91 Å². The van der Waals surface area contributed by atoms with Crippen LogP contribution >= 0.6 is 0 Å². The molecule has 0 spiro atoms. The van der Waals surface area contributed by atoms with E-state index in [0.29, 0.717) is 5.56 Å². The number of hydrogen-bond donors (Lipinski definition) is 3. The summed E-state index contributed by atoms with van der Waals surface area (Å²) in [6, 6.07) is 7.49. The summed E-state index contributed by atoms with van der Waals surface area (Å²) < 4.78 is 0. The zero-order valence-electron chi connectivity index (χ0n) is 11.2. The van der Waals surface area contributed by atoms with Crippen LogP contribution in [-0.2, 0) is 4.79 Å². The standard InChI is InChI=1S/C14H17N3O2/c1-14(2,3)13(19)17-16-12(18)10-8-15-11-7-5-4-6-9(10)11/h4-8,15H,1-3H3,(H,16,18)(H,17,19). The van der Waals surface area contributed by atoms with Gasteiger partial charge in [-0.25, -0.2) is 0 Å². The molecule has 0 aliphatic carbocycles. The van der Waals surface area contributed by atoms with Crippen molar-refractivity contribution in [3.63, 3.8) is 0 Å². The summed E-state index contributed by atoms with van der Waals surface area (Å²) in [6.45, 7) is 5.33. The van der Waals surface area contributed by atoms with Crippen LogP contribution in [0, 0.1) is 5.41 Å². The second-order valence-corrected chi connectivity index (χ2v) is 5.41. The van der Waals surface area contributed by atoms with Gasteiger partial charge in [0.2, 0.25) is 5.91 Å². The largest absolute Gasteiger partial charge is 0.360 e. The highest BCUT2D eigenvalue weighted by Crippen LogP contribution is 2.17. The average Bonchev–Trinajstić information content (AvgIpc) is 2.78. The first kappa shape index (κ1) is 13.1. The molecule has 0 atom stereocenters. The molecule has 1 heterocycles. The normalized spacial score (nSPS) is 11.3. The van der Waals surface area contributed by atoms with E-state index in [9.17, 15) is 9.59 Å². The number of rotatable bonds is 1. The summed E-state index contributed by atoms with van der Waals surface area (Å²) in [4.78, 5) is 26.7. The third-order valence-corrected chi connectivity index (χ3v) is 2.80. The molecule has 2 amide bonds. The number of amides is 2. The fourth-order valence-electron chi connectivity index (χ4n) is 1.63. The minimum absolute atomic E-state index is 0.235. The number of aromatic amines is 1. The number of hydrazine groups is 1. The maximum absolute atomic E-state index is 12.0. The number of H-pyrrole nitrogens is 1. The van der Waals surface area contributed by atoms with Gasteiger partial charge in [-0.1, -0.05) is 39.0 Å². The second kappa shape index (κ2) is 4.76. The third-order valence-electron chi connectivity index (χ3n) is 2.80. The Morgan fingerprint density at radius 2 is 1.79 bits per heavy atom. The molecule has 0 bridgehead atoms. The lowest BCUT2D eigenvalue weighted by Crippen LogP contribution is -2.46. The first-order valence-electron chi connectivity index (χ1n) is 6.06. The molecule has 0 aliphatic rings. The van der Waals surface area contributed by atoms with E-state index < -0.39 is 5.41 Å². The highest BCUT2D eigenvalue weighted by Gasteiger charge is 2.22. The molecule has 0 unspecified atom stereocenters. The van der Waals surface area contributed by atoms with Gasteiger partial charge in [0.15, 0.2) is 0 Å². The molecule has 19 heavy (non-hydrogen) atoms. The van der Waals surface area contributed by atoms with Gasteiger partial charge < -0.3 is 4.98 Å². The van der Waals surface area contributed by atoms with Crippen LogP contribution in [0.3, 0.4) is 0 Å². The van der Waals surface area contributed by atoms with Crippen molar-refractivity contribution in [1.29, 1.82) is 0 Å². The van der Waals surface area contributed by atoms with Crippen LogP contribution in [0.15, 0.2) is 30.5 Å². The molecule has 0 aliphatic heterocycles. The van der Waals surface area contributed by atoms with Crippen LogP contribution in [0.1, 0.15) is 31.1 Å². The van der Waals surface area contributed by atoms with Gasteiger partial charge in [-0.2, -0.15) is 0 Å². The lowest BCUT2D eigenvalue weighted by molar-refractivity contribution is -0.129. The lowest BCUT2D eigenvalue weighted by atomic mass is 9.96. The van der Waals surface area contributed by atoms with Gasteiger partial charge in [-0.05, 0) is 6.07 Å². The topological polar surface area (TPSA) is 74.0 Å². The molecule has 100 valence electrons. The highest BCUT2D eigenvalue weighted by molar-refractivity contribution is 6.07. The molecule has 0 saturated heterocycles. The number of carbonyl (C=O) groups is 2. The Balaban J connectivity index is 2.11. The zero-order chi connectivity index (χ0) is 14.0. The van der Waals surface area contributed by atoms with E-state index in [4.69, 9.17) is 0 Å². The Kier molecular flexibility index (Phi) is 3.29. The van der Waals surface area contributed by atoms with Crippen molar-refractivity contribution in [3.8, 4) is 0 Å². The van der Waals surface area contributed by atoms with E-state index in [2.05, 4.69) is 15.8 Å². The number of hydrogen-bond acceptors (Lipinski definition) is 2. The molecular formula is C14H17N3O2. The Bertz CT molecular complexity index is 623. The van der Waals surface area contributed by atoms with E-state index in [0.717, 1.165) is 10.9 Å². The summed E-state index contributed by atoms with van der Waals surface area (Å²) in [7, 11) is 0. The molecule has 1 aromatic heterocycles. The number of fused-ring (bicyclic) bond motifs is 1. The summed E-state index contributed by atoms with van der Waals surface area (Å²) in [5.41, 5.74) is 5.69. The number of nitrogens with one attached hydrogen (secondary N) is 3. The van der Waals surface area contributed by atoms with E-state index in [-0.39, 0.29) is 11.8 Å². The monoisotopic (exact) mass is 259 g/mol. The van der Waals surface area contributed by atoms with Crippen LogP contribution in [-0.4, -0.2) is 16.8 Å². The Morgan fingerprint density at radius 1 is 1.11 bits per heavy atom. The van der Waals surface area contributed by atoms with Crippen molar-refractivity contribution in [3.05, 3.63) is 36.0 Å². The van der Waals surface area contributed by atoms with Gasteiger partial charge in [0.1, 0.15) is 0 Å². The smallest absolute Gasteiger partial charge is 0.271 e. The predicted molar refractivity (Wildman–Crippen MR) is 73.4 cm³/mol. The van der Waals surface area contributed by atoms with Gasteiger partial charge in [0.05, 0.1) is 5.56 Å². The molecule has 2 rings (SSSR count). The predicted octanol–water partition coefficient (Wildman–Crippen LogP) is 1.97. The quantitative estimate of drug-likeness (QED) is 0.685. The van der Waals surface area contributed by atoms with E-state index in [1.54, 1.807) is 27.0 Å². The Labute approximate surface area is 111 Å². The lowest BCUT2D eigenvalue weighted by Gasteiger charge is -2.17. The average molecular weight is 259 g/mol. The first-order chi connectivity index (χ1) is 8.89. The number of carbonyl (C=O) groups excluding carboxylic acids is 2. The summed E-state index contributed by atoms with van der Waals surface area (Å²) in [5, 5.41) is 0.824. The van der Waals surface area contributed by atoms with Crippen molar-refractivity contribution in [2.75, 3.05) is 0 Å². The van der Waals surface area contributed by atoms with Crippen molar-refractivity contribution in [2.45, 2.75) is 20.8 Å². The summed E-state index contributed by atoms with van der Waals surface area (Å²) in [6.07, 6.45) is 1.63. The van der Waals surface area contributed by atoms with Crippen molar-refractivity contribution < 1.29 is 9.59 Å². The number of para-hydroxylation sites is 1. The fourth-order valence-corrected chi connectivity index (χ4v) is 1.63. The van der Waals surface area contributed by atoms with Gasteiger partial charge in [0, 0.05) is 22.5 Å². The molecule has 1 aromatic carbocycles. The molecule has 2 aromatic rings. The van der Waals surface area contributed by atoms with Crippen LogP contribution in [0.25, 0.3) is 10.9 Å². The minimum atomic E-state index is -0.548. The minimum Gasteiger partial charge on any atom is -0.360 e. The van der Waals surface area contributed by atoms with E-state index >= 15 is 0 Å². The number of benzene rings is 1. The van der Waals surface area contributed by atoms with Crippen LogP contribution in [0.4, 0.5) is 0 Å². The SMILES string of the molecule is CC(C)(C)C(=O)NNC(=O)c1c[nH]c2ccccc12. The number of aromatic nitrogens is 1. The van der Waals surface area contributed by atoms with Crippen LogP contribution < -0.4 is 10.9 Å². The maximum Gasteiger partial charge on any atom is 0.271 e. The summed E-state index contributed by atoms with van der Waals surface area (Å²) in [5.74, 6) is -0.573. The molecular weight excluding hydrogens is 242 g/mol. The molecule has 5 nitrogen and oxygen atoms in total. The second-order valence-electron chi connectivity index (χ2n) is 5.41. The first-order valence-corrected chi connectivity index (χ1v) is 6.06. The molecule has 5 heteroatoms. The van der Waals surface area contributed by atoms with Gasteiger partial charge in [-0.3, -0.25) is 20.4 Å². The van der Waals surface area contributed by atoms with Crippen molar-refractivity contribution in [1.82, 2.24) is 15.8 Å². The van der Waals surface area contributed by atoms with Crippen LogP contribution in [0.5, 0.6) is 0 Å². The molecule has 0 saturated carbocycles. The van der Waals surface area contributed by atoms with Gasteiger partial charge in [-0.15, -0.1) is 0 Å². The Hall–Kier alpha value is -2.30. The molecule has 0 fully saturated rings.